The molecule has 0 bridgehead atoms. The smallest absolute Gasteiger partial charge is 0.332 e. The number of guanidine groups is 1. The van der Waals surface area contributed by atoms with Crippen molar-refractivity contribution in [2.75, 3.05) is 13.2 Å². The molecule has 118 valence electrons. The number of nitrogens with two attached hydrogens (primary N) is 3. The average Bonchev–Trinajstić information content (AvgIpc) is 2.35. The molecule has 0 amide bonds. The summed E-state index contributed by atoms with van der Waals surface area (Å²) in [7, 11) is 0. The van der Waals surface area contributed by atoms with Crippen LogP contribution in [0, 0.1) is 0 Å². The topological polar surface area (TPSA) is 174 Å². The quantitative estimate of drug-likeness (QED) is 0.161. The molecule has 0 rings (SSSR count). The number of carboxylic acid groups (broad SMARTS) is 1. The number of aliphatic hydroxyl groups excluding tert-OH is 1. The van der Waals surface area contributed by atoms with E-state index >= 15 is 0 Å². The molecule has 0 spiro atoms. The van der Waals surface area contributed by atoms with Gasteiger partial charge in [0.25, 0.3) is 0 Å². The molecule has 2 atom stereocenters. The number of aliphatic hydroxyl groups is 1. The molecule has 0 aliphatic carbocycles. The van der Waals surface area contributed by atoms with Gasteiger partial charge >= 0.3 is 11.9 Å². The maximum atomic E-state index is 11.0. The maximum absolute atomic E-state index is 11.0. The second kappa shape index (κ2) is 12.2. The lowest BCUT2D eigenvalue weighted by molar-refractivity contribution is -0.146. The average molecular weight is 292 g/mol. The van der Waals surface area contributed by atoms with Gasteiger partial charge in [0.05, 0.1) is 6.61 Å². The van der Waals surface area contributed by atoms with Gasteiger partial charge in [0.15, 0.2) is 5.96 Å². The highest BCUT2D eigenvalue weighted by molar-refractivity contribution is 5.76. The van der Waals surface area contributed by atoms with Crippen molar-refractivity contribution in [2.24, 2.45) is 22.2 Å². The summed E-state index contributed by atoms with van der Waals surface area (Å²) in [6.07, 6.45) is -0.0435. The highest BCUT2D eigenvalue weighted by atomic mass is 16.5. The summed E-state index contributed by atoms with van der Waals surface area (Å²) in [6, 6.07) is -0.579. The van der Waals surface area contributed by atoms with Gasteiger partial charge in [0.1, 0.15) is 12.1 Å². The molecule has 0 aromatic heterocycles. The summed E-state index contributed by atoms with van der Waals surface area (Å²) >= 11 is 0. The summed E-state index contributed by atoms with van der Waals surface area (Å²) < 4.78 is 4.73. The lowest BCUT2D eigenvalue weighted by Gasteiger charge is -2.08. The summed E-state index contributed by atoms with van der Waals surface area (Å²) in [4.78, 5) is 24.3. The van der Waals surface area contributed by atoms with E-state index in [1.54, 1.807) is 6.92 Å². The van der Waals surface area contributed by atoms with Crippen LogP contribution in [0.4, 0.5) is 0 Å². The van der Waals surface area contributed by atoms with Crippen molar-refractivity contribution >= 4 is 17.9 Å². The van der Waals surface area contributed by atoms with Crippen molar-refractivity contribution in [1.82, 2.24) is 0 Å². The number of esters is 1. The Morgan fingerprint density at radius 2 is 1.85 bits per heavy atom. The Balaban J connectivity index is 0. The van der Waals surface area contributed by atoms with Gasteiger partial charge in [-0.3, -0.25) is 9.79 Å². The Bertz CT molecular complexity index is 316. The van der Waals surface area contributed by atoms with Crippen LogP contribution in [0.2, 0.25) is 0 Å². The Morgan fingerprint density at radius 1 is 1.35 bits per heavy atom. The van der Waals surface area contributed by atoms with Crippen LogP contribution in [0.25, 0.3) is 0 Å². The number of carbonyl (C=O) groups excluding carboxylic acids is 1. The molecular weight excluding hydrogens is 268 g/mol. The van der Waals surface area contributed by atoms with Crippen LogP contribution in [-0.2, 0) is 14.3 Å². The van der Waals surface area contributed by atoms with Gasteiger partial charge in [-0.1, -0.05) is 0 Å². The number of carbonyl (C=O) groups is 2. The minimum absolute atomic E-state index is 0.0507. The lowest BCUT2D eigenvalue weighted by Crippen LogP contribution is -2.32. The van der Waals surface area contributed by atoms with Crippen molar-refractivity contribution in [2.45, 2.75) is 38.8 Å². The third kappa shape index (κ3) is 14.2. The standard InChI is InChI=1S/C8H18N4O2.C3H6O3/c1-2-14-7(13)6(9)4-3-5-12-8(10)11;1-2(4)3(5)6/h6H,2-5,9H2,1H3,(H4,10,11,12);2,4H,1H3,(H,5,6). The van der Waals surface area contributed by atoms with E-state index in [4.69, 9.17) is 32.2 Å². The molecule has 0 fully saturated rings. The van der Waals surface area contributed by atoms with E-state index in [0.717, 1.165) is 0 Å². The summed E-state index contributed by atoms with van der Waals surface area (Å²) in [6.45, 7) is 3.77. The first kappa shape index (κ1) is 20.4. The Morgan fingerprint density at radius 3 is 2.20 bits per heavy atom. The molecule has 0 radical (unpaired) electrons. The maximum Gasteiger partial charge on any atom is 0.332 e. The zero-order valence-corrected chi connectivity index (χ0v) is 11.8. The fourth-order valence-corrected chi connectivity index (χ4v) is 0.887. The summed E-state index contributed by atoms with van der Waals surface area (Å²) in [5.74, 6) is -1.51. The fraction of sp³-hybridized carbons (Fsp3) is 0.727. The molecule has 0 aromatic rings. The number of hydrogen-bond donors (Lipinski definition) is 5. The van der Waals surface area contributed by atoms with Crippen LogP contribution in [0.5, 0.6) is 0 Å². The minimum Gasteiger partial charge on any atom is -0.479 e. The number of nitrogens with zero attached hydrogens (tertiary/aromatic N) is 1. The Labute approximate surface area is 117 Å². The highest BCUT2D eigenvalue weighted by Gasteiger charge is 2.13. The molecule has 9 nitrogen and oxygen atoms in total. The predicted molar refractivity (Wildman–Crippen MR) is 73.8 cm³/mol. The first-order valence-electron chi connectivity index (χ1n) is 6.10. The van der Waals surface area contributed by atoms with Crippen molar-refractivity contribution in [3.05, 3.63) is 0 Å². The van der Waals surface area contributed by atoms with Crippen LogP contribution in [0.15, 0.2) is 4.99 Å². The molecule has 0 aromatic carbocycles. The van der Waals surface area contributed by atoms with Crippen LogP contribution >= 0.6 is 0 Å². The monoisotopic (exact) mass is 292 g/mol. The molecule has 0 aliphatic heterocycles. The van der Waals surface area contributed by atoms with Crippen LogP contribution < -0.4 is 17.2 Å². The van der Waals surface area contributed by atoms with Crippen LogP contribution in [0.1, 0.15) is 26.7 Å². The van der Waals surface area contributed by atoms with Crippen molar-refractivity contribution in [1.29, 1.82) is 0 Å². The van der Waals surface area contributed by atoms with E-state index in [-0.39, 0.29) is 11.9 Å². The van der Waals surface area contributed by atoms with Crippen LogP contribution in [0.3, 0.4) is 0 Å². The molecule has 20 heavy (non-hydrogen) atoms. The van der Waals surface area contributed by atoms with Gasteiger partial charge < -0.3 is 32.2 Å². The molecule has 0 saturated heterocycles. The van der Waals surface area contributed by atoms with E-state index < -0.39 is 18.1 Å². The lowest BCUT2D eigenvalue weighted by atomic mass is 10.2. The first-order valence-corrected chi connectivity index (χ1v) is 6.10. The largest absolute Gasteiger partial charge is 0.479 e. The van der Waals surface area contributed by atoms with Gasteiger partial charge in [-0.2, -0.15) is 0 Å². The second-order valence-electron chi connectivity index (χ2n) is 3.82. The number of aliphatic imine (C=N–C) groups is 1. The van der Waals surface area contributed by atoms with Crippen LogP contribution in [-0.4, -0.2) is 53.4 Å². The molecule has 0 heterocycles. The zero-order valence-electron chi connectivity index (χ0n) is 11.8. The molecule has 2 unspecified atom stereocenters. The van der Waals surface area contributed by atoms with E-state index in [1.807, 2.05) is 0 Å². The zero-order chi connectivity index (χ0) is 16.1. The predicted octanol–water partition coefficient (Wildman–Crippen LogP) is -1.62. The number of ether oxygens (including phenoxy) is 1. The van der Waals surface area contributed by atoms with Crippen molar-refractivity contribution in [3.63, 3.8) is 0 Å². The van der Waals surface area contributed by atoms with Gasteiger partial charge in [0, 0.05) is 6.54 Å². The molecule has 9 heteroatoms. The van der Waals surface area contributed by atoms with E-state index in [9.17, 15) is 9.59 Å². The third-order valence-corrected chi connectivity index (χ3v) is 1.91. The normalized spacial score (nSPS) is 12.4. The third-order valence-electron chi connectivity index (χ3n) is 1.91. The highest BCUT2D eigenvalue weighted by Crippen LogP contribution is 1.97. The SMILES string of the molecule is CC(O)C(=O)O.CCOC(=O)C(N)CCCN=C(N)N. The van der Waals surface area contributed by atoms with Gasteiger partial charge in [-0.25, -0.2) is 4.79 Å². The van der Waals surface area contributed by atoms with Gasteiger partial charge in [0.2, 0.25) is 0 Å². The minimum atomic E-state index is -1.23. The Hall–Kier alpha value is -1.87. The van der Waals surface area contributed by atoms with Crippen molar-refractivity contribution < 1.29 is 24.5 Å². The van der Waals surface area contributed by atoms with E-state index in [0.29, 0.717) is 26.0 Å². The summed E-state index contributed by atoms with van der Waals surface area (Å²) in [5.41, 5.74) is 15.8. The second-order valence-corrected chi connectivity index (χ2v) is 3.82. The fourth-order valence-electron chi connectivity index (χ4n) is 0.887. The van der Waals surface area contributed by atoms with E-state index in [1.165, 1.54) is 6.92 Å². The van der Waals surface area contributed by atoms with Gasteiger partial charge in [-0.15, -0.1) is 0 Å². The molecular formula is C11H24N4O5. The Kier molecular flexibility index (Phi) is 12.5. The van der Waals surface area contributed by atoms with Gasteiger partial charge in [-0.05, 0) is 26.7 Å². The number of rotatable bonds is 7. The summed E-state index contributed by atoms with van der Waals surface area (Å²) in [5, 5.41) is 15.8. The molecule has 0 aliphatic rings. The van der Waals surface area contributed by atoms with E-state index in [2.05, 4.69) is 4.99 Å². The number of aliphatic carboxylic acids is 1. The number of hydrogen-bond acceptors (Lipinski definition) is 6. The molecule has 8 N–H and O–H groups in total. The van der Waals surface area contributed by atoms with Crippen molar-refractivity contribution in [3.8, 4) is 0 Å². The first-order chi connectivity index (χ1) is 9.22. The number of carboxylic acids is 1. The molecule has 0 saturated carbocycles.